The van der Waals surface area contributed by atoms with Gasteiger partial charge in [-0.2, -0.15) is 9.78 Å². The van der Waals surface area contributed by atoms with Crippen LogP contribution in [0, 0.1) is 0 Å². The topological polar surface area (TPSA) is 79.9 Å². The SMILES string of the molecule is COc1ccc(OC)c(-n2nnnc2SCc2ccn(-c3ccccc3)n2)c1. The van der Waals surface area contributed by atoms with Crippen LogP contribution in [0.3, 0.4) is 0 Å². The maximum atomic E-state index is 5.44. The van der Waals surface area contributed by atoms with Gasteiger partial charge < -0.3 is 9.47 Å². The van der Waals surface area contributed by atoms with E-state index in [-0.39, 0.29) is 0 Å². The van der Waals surface area contributed by atoms with Gasteiger partial charge in [-0.1, -0.05) is 30.0 Å². The van der Waals surface area contributed by atoms with Crippen molar-refractivity contribution in [2.24, 2.45) is 0 Å². The molecule has 0 aliphatic rings. The van der Waals surface area contributed by atoms with Gasteiger partial charge in [0.25, 0.3) is 0 Å². The van der Waals surface area contributed by atoms with Crippen LogP contribution in [0.4, 0.5) is 0 Å². The highest BCUT2D eigenvalue weighted by atomic mass is 32.2. The number of para-hydroxylation sites is 1. The smallest absolute Gasteiger partial charge is 0.214 e. The predicted octanol–water partition coefficient (Wildman–Crippen LogP) is 3.16. The van der Waals surface area contributed by atoms with Crippen molar-refractivity contribution in [3.05, 3.63) is 66.5 Å². The maximum absolute atomic E-state index is 5.44. The molecule has 0 fully saturated rings. The zero-order valence-corrected chi connectivity index (χ0v) is 16.2. The van der Waals surface area contributed by atoms with E-state index in [9.17, 15) is 0 Å². The molecule has 8 nitrogen and oxygen atoms in total. The Morgan fingerprint density at radius 3 is 2.64 bits per heavy atom. The monoisotopic (exact) mass is 394 g/mol. The highest BCUT2D eigenvalue weighted by Crippen LogP contribution is 2.30. The van der Waals surface area contributed by atoms with Gasteiger partial charge in [0, 0.05) is 18.0 Å². The van der Waals surface area contributed by atoms with E-state index in [4.69, 9.17) is 9.47 Å². The predicted molar refractivity (Wildman–Crippen MR) is 105 cm³/mol. The number of benzene rings is 2. The molecule has 0 saturated heterocycles. The van der Waals surface area contributed by atoms with Crippen LogP contribution in [-0.2, 0) is 5.75 Å². The molecule has 0 spiro atoms. The van der Waals surface area contributed by atoms with E-state index in [1.807, 2.05) is 65.5 Å². The summed E-state index contributed by atoms with van der Waals surface area (Å²) in [5.74, 6) is 1.99. The standard InChI is InChI=1S/C19H18N6O2S/c1-26-16-8-9-18(27-2)17(12-16)25-19(20-22-23-25)28-13-14-10-11-24(21-14)15-6-4-3-5-7-15/h3-12H,13H2,1-2H3. The van der Waals surface area contributed by atoms with Crippen molar-refractivity contribution < 1.29 is 9.47 Å². The van der Waals surface area contributed by atoms with E-state index < -0.39 is 0 Å². The van der Waals surface area contributed by atoms with Crippen LogP contribution in [0.1, 0.15) is 5.69 Å². The molecule has 2 heterocycles. The number of hydrogen-bond donors (Lipinski definition) is 0. The Hall–Kier alpha value is -3.33. The highest BCUT2D eigenvalue weighted by Gasteiger charge is 2.15. The molecule has 0 N–H and O–H groups in total. The molecular weight excluding hydrogens is 376 g/mol. The van der Waals surface area contributed by atoms with Gasteiger partial charge in [0.1, 0.15) is 17.2 Å². The zero-order valence-electron chi connectivity index (χ0n) is 15.4. The number of ether oxygens (including phenoxy) is 2. The molecule has 2 aromatic carbocycles. The normalized spacial score (nSPS) is 10.8. The second-order valence-electron chi connectivity index (χ2n) is 5.79. The number of rotatable bonds is 7. The third-order valence-electron chi connectivity index (χ3n) is 4.07. The highest BCUT2D eigenvalue weighted by molar-refractivity contribution is 7.98. The summed E-state index contributed by atoms with van der Waals surface area (Å²) < 4.78 is 14.2. The minimum atomic E-state index is 0.631. The molecule has 2 aromatic heterocycles. The first kappa shape index (κ1) is 18.1. The summed E-state index contributed by atoms with van der Waals surface area (Å²) >= 11 is 1.50. The van der Waals surface area contributed by atoms with Crippen LogP contribution in [0.25, 0.3) is 11.4 Å². The molecule has 0 amide bonds. The Morgan fingerprint density at radius 2 is 1.86 bits per heavy atom. The number of hydrogen-bond acceptors (Lipinski definition) is 7. The molecule has 0 aliphatic heterocycles. The fraction of sp³-hybridized carbons (Fsp3) is 0.158. The molecule has 0 radical (unpaired) electrons. The lowest BCUT2D eigenvalue weighted by molar-refractivity contribution is 0.399. The summed E-state index contributed by atoms with van der Waals surface area (Å²) in [4.78, 5) is 0. The first-order valence-corrected chi connectivity index (χ1v) is 9.50. The van der Waals surface area contributed by atoms with Crippen LogP contribution in [-0.4, -0.2) is 44.2 Å². The van der Waals surface area contributed by atoms with E-state index >= 15 is 0 Å². The third kappa shape index (κ3) is 3.70. The third-order valence-corrected chi connectivity index (χ3v) is 5.02. The second-order valence-corrected chi connectivity index (χ2v) is 6.73. The first-order valence-electron chi connectivity index (χ1n) is 8.52. The average molecular weight is 394 g/mol. The molecule has 0 saturated carbocycles. The van der Waals surface area contributed by atoms with Gasteiger partial charge in [0.15, 0.2) is 0 Å². The Bertz CT molecular complexity index is 1060. The number of nitrogens with zero attached hydrogens (tertiary/aromatic N) is 6. The van der Waals surface area contributed by atoms with E-state index in [1.165, 1.54) is 11.8 Å². The van der Waals surface area contributed by atoms with Gasteiger partial charge in [-0.05, 0) is 40.8 Å². The summed E-state index contributed by atoms with van der Waals surface area (Å²) in [6.45, 7) is 0. The van der Waals surface area contributed by atoms with Crippen molar-refractivity contribution in [3.8, 4) is 22.9 Å². The molecule has 0 unspecified atom stereocenters. The molecule has 0 atom stereocenters. The summed E-state index contributed by atoms with van der Waals surface area (Å²) in [7, 11) is 3.22. The summed E-state index contributed by atoms with van der Waals surface area (Å²) in [6, 6.07) is 17.5. The molecule has 9 heteroatoms. The second kappa shape index (κ2) is 8.13. The van der Waals surface area contributed by atoms with Crippen molar-refractivity contribution >= 4 is 11.8 Å². The van der Waals surface area contributed by atoms with Crippen LogP contribution in [0.15, 0.2) is 66.0 Å². The van der Waals surface area contributed by atoms with E-state index in [0.29, 0.717) is 28.1 Å². The summed E-state index contributed by atoms with van der Waals surface area (Å²) in [5.41, 5.74) is 2.66. The fourth-order valence-corrected chi connectivity index (χ4v) is 3.47. The van der Waals surface area contributed by atoms with Crippen molar-refractivity contribution in [2.45, 2.75) is 10.9 Å². The van der Waals surface area contributed by atoms with Crippen LogP contribution < -0.4 is 9.47 Å². The Morgan fingerprint density at radius 1 is 1.00 bits per heavy atom. The van der Waals surface area contributed by atoms with Crippen molar-refractivity contribution in [1.82, 2.24) is 30.0 Å². The van der Waals surface area contributed by atoms with E-state index in [2.05, 4.69) is 20.6 Å². The van der Waals surface area contributed by atoms with Gasteiger partial charge in [-0.25, -0.2) is 4.68 Å². The molecule has 0 bridgehead atoms. The fourth-order valence-electron chi connectivity index (χ4n) is 2.68. The molecule has 28 heavy (non-hydrogen) atoms. The number of thioether (sulfide) groups is 1. The van der Waals surface area contributed by atoms with Crippen molar-refractivity contribution in [1.29, 1.82) is 0 Å². The molecular formula is C19H18N6O2S. The first-order chi connectivity index (χ1) is 13.8. The van der Waals surface area contributed by atoms with Gasteiger partial charge >= 0.3 is 0 Å². The Labute approximate surface area is 166 Å². The van der Waals surface area contributed by atoms with Crippen molar-refractivity contribution in [2.75, 3.05) is 14.2 Å². The Kier molecular flexibility index (Phi) is 5.24. The van der Waals surface area contributed by atoms with E-state index in [1.54, 1.807) is 18.9 Å². The van der Waals surface area contributed by atoms with Gasteiger partial charge in [0.2, 0.25) is 5.16 Å². The van der Waals surface area contributed by atoms with Gasteiger partial charge in [0.05, 0.1) is 25.6 Å². The summed E-state index contributed by atoms with van der Waals surface area (Å²) in [6.07, 6.45) is 1.94. The van der Waals surface area contributed by atoms with E-state index in [0.717, 1.165) is 11.4 Å². The number of methoxy groups -OCH3 is 2. The molecule has 4 aromatic rings. The maximum Gasteiger partial charge on any atom is 0.214 e. The molecule has 0 aliphatic carbocycles. The van der Waals surface area contributed by atoms with Gasteiger partial charge in [-0.15, -0.1) is 5.10 Å². The average Bonchev–Trinajstić information content (AvgIpc) is 3.42. The van der Waals surface area contributed by atoms with Crippen molar-refractivity contribution in [3.63, 3.8) is 0 Å². The lowest BCUT2D eigenvalue weighted by Crippen LogP contribution is -2.03. The quantitative estimate of drug-likeness (QED) is 0.446. The molecule has 4 rings (SSSR count). The van der Waals surface area contributed by atoms with Crippen LogP contribution in [0.2, 0.25) is 0 Å². The largest absolute Gasteiger partial charge is 0.497 e. The van der Waals surface area contributed by atoms with Gasteiger partial charge in [-0.3, -0.25) is 0 Å². The lowest BCUT2D eigenvalue weighted by Gasteiger charge is -2.10. The lowest BCUT2D eigenvalue weighted by atomic mass is 10.3. The summed E-state index contributed by atoms with van der Waals surface area (Å²) in [5, 5.41) is 17.3. The van der Waals surface area contributed by atoms with Crippen LogP contribution in [0.5, 0.6) is 11.5 Å². The minimum absolute atomic E-state index is 0.631. The zero-order chi connectivity index (χ0) is 19.3. The minimum Gasteiger partial charge on any atom is -0.497 e. The number of tetrazole rings is 1. The number of aromatic nitrogens is 6. The Balaban J connectivity index is 1.54. The van der Waals surface area contributed by atoms with Crippen LogP contribution >= 0.6 is 11.8 Å². The molecule has 142 valence electrons.